The molecule has 146 valence electrons. The van der Waals surface area contributed by atoms with Gasteiger partial charge in [0.15, 0.2) is 0 Å². The second kappa shape index (κ2) is 8.36. The predicted octanol–water partition coefficient (Wildman–Crippen LogP) is 4.05. The van der Waals surface area contributed by atoms with Gasteiger partial charge in [-0.25, -0.2) is 0 Å². The Hall–Kier alpha value is -0.980. The van der Waals surface area contributed by atoms with Crippen molar-refractivity contribution in [2.45, 2.75) is 83.8 Å². The van der Waals surface area contributed by atoms with Crippen LogP contribution in [0.5, 0.6) is 0 Å². The number of hydrogen-bond donors (Lipinski definition) is 1. The number of ketones is 1. The van der Waals surface area contributed by atoms with E-state index in [1.54, 1.807) is 6.92 Å². The number of aromatic nitrogens is 3. The number of anilines is 1. The van der Waals surface area contributed by atoms with Crippen molar-refractivity contribution in [1.29, 1.82) is 0 Å². The van der Waals surface area contributed by atoms with E-state index in [0.29, 0.717) is 18.4 Å². The zero-order valence-electron chi connectivity index (χ0n) is 16.3. The molecule has 8 heteroatoms. The van der Waals surface area contributed by atoms with Gasteiger partial charge in [-0.3, -0.25) is 0 Å². The first-order valence-corrected chi connectivity index (χ1v) is 9.87. The molecule has 0 bridgehead atoms. The minimum absolute atomic E-state index is 0.109. The van der Waals surface area contributed by atoms with Gasteiger partial charge in [-0.2, -0.15) is 15.0 Å². The first-order valence-electron chi connectivity index (χ1n) is 9.11. The molecule has 2 heterocycles. The summed E-state index contributed by atoms with van der Waals surface area (Å²) in [6.07, 6.45) is 4.52. The average Bonchev–Trinajstić information content (AvgIpc) is 2.42. The highest BCUT2D eigenvalue weighted by molar-refractivity contribution is 6.31. The van der Waals surface area contributed by atoms with E-state index in [9.17, 15) is 4.79 Å². The maximum Gasteiger partial charge on any atom is 0.231 e. The highest BCUT2D eigenvalue weighted by atomic mass is 35.5. The molecule has 1 saturated heterocycles. The van der Waals surface area contributed by atoms with Gasteiger partial charge in [0, 0.05) is 23.5 Å². The number of unbranched alkanes of at least 4 members (excludes halogenated alkanes) is 1. The Kier molecular flexibility index (Phi) is 6.86. The third-order valence-electron chi connectivity index (χ3n) is 4.86. The van der Waals surface area contributed by atoms with E-state index < -0.39 is 0 Å². The molecule has 1 aromatic rings. The first-order chi connectivity index (χ1) is 12.0. The van der Waals surface area contributed by atoms with Crippen LogP contribution in [0.25, 0.3) is 0 Å². The van der Waals surface area contributed by atoms with E-state index in [0.717, 1.165) is 32.2 Å². The van der Waals surface area contributed by atoms with E-state index in [1.165, 1.54) is 0 Å². The smallest absolute Gasteiger partial charge is 0.231 e. The topological polar surface area (TPSA) is 71.0 Å². The van der Waals surface area contributed by atoms with Crippen molar-refractivity contribution in [3.05, 3.63) is 10.6 Å². The molecule has 0 amide bonds. The fraction of sp³-hybridized carbons (Fsp3) is 0.778. The zero-order chi connectivity index (χ0) is 19.5. The molecule has 1 N–H and O–H groups in total. The molecule has 0 aliphatic carbocycles. The molecule has 2 rings (SSSR count). The molecule has 1 fully saturated rings. The van der Waals surface area contributed by atoms with Crippen molar-refractivity contribution >= 4 is 34.9 Å². The molecule has 0 spiro atoms. The normalized spacial score (nSPS) is 19.6. The van der Waals surface area contributed by atoms with E-state index >= 15 is 0 Å². The Morgan fingerprint density at radius 1 is 1.08 bits per heavy atom. The van der Waals surface area contributed by atoms with Crippen LogP contribution in [-0.4, -0.2) is 44.4 Å². The summed E-state index contributed by atoms with van der Waals surface area (Å²) in [4.78, 5) is 25.7. The largest absolute Gasteiger partial charge is 0.330 e. The molecule has 0 saturated carbocycles. The molecule has 1 aliphatic rings. The molecular formula is C18H29Cl2N5O. The van der Waals surface area contributed by atoms with Crippen LogP contribution in [0.1, 0.15) is 66.7 Å². The van der Waals surface area contributed by atoms with Crippen LogP contribution in [0, 0.1) is 0 Å². The summed E-state index contributed by atoms with van der Waals surface area (Å²) >= 11 is 12.0. The molecule has 1 aromatic heterocycles. The lowest BCUT2D eigenvalue weighted by molar-refractivity contribution is -0.117. The zero-order valence-corrected chi connectivity index (χ0v) is 17.8. The number of halogens is 2. The summed E-state index contributed by atoms with van der Waals surface area (Å²) in [7, 11) is 0. The van der Waals surface area contributed by atoms with Gasteiger partial charge in [0.25, 0.3) is 0 Å². The van der Waals surface area contributed by atoms with Gasteiger partial charge in [-0.15, -0.1) is 0 Å². The number of hydrogen-bond acceptors (Lipinski definition) is 6. The third-order valence-corrected chi connectivity index (χ3v) is 5.20. The molecule has 0 aromatic carbocycles. The number of carbonyl (C=O) groups is 1. The van der Waals surface area contributed by atoms with Crippen molar-refractivity contribution in [2.24, 2.45) is 0 Å². The molecule has 26 heavy (non-hydrogen) atoms. The summed E-state index contributed by atoms with van der Waals surface area (Å²) in [5.41, 5.74) is -0.348. The standard InChI is InChI=1S/C18H29Cl2N5O/c1-12(26)8-6-7-9-21-13-10-17(2,3)25(18(4,5)11-13)16-23-14(19)22-15(20)24-16/h13,21H,6-11H2,1-5H3. The Bertz CT molecular complexity index is 612. The lowest BCUT2D eigenvalue weighted by atomic mass is 9.77. The van der Waals surface area contributed by atoms with Crippen molar-refractivity contribution in [3.8, 4) is 0 Å². The molecule has 6 nitrogen and oxygen atoms in total. The SMILES string of the molecule is CC(=O)CCCCNC1CC(C)(C)N(c2nc(Cl)nc(Cl)n2)C(C)(C)C1. The molecule has 0 atom stereocenters. The molecule has 0 unspecified atom stereocenters. The lowest BCUT2D eigenvalue weighted by Crippen LogP contribution is -2.64. The lowest BCUT2D eigenvalue weighted by Gasteiger charge is -2.55. The summed E-state index contributed by atoms with van der Waals surface area (Å²) in [5.74, 6) is 0.778. The third kappa shape index (κ3) is 5.51. The van der Waals surface area contributed by atoms with Gasteiger partial charge >= 0.3 is 0 Å². The number of carbonyl (C=O) groups excluding carboxylic acids is 1. The van der Waals surface area contributed by atoms with Gasteiger partial charge in [0.1, 0.15) is 5.78 Å². The fourth-order valence-electron chi connectivity index (χ4n) is 4.19. The van der Waals surface area contributed by atoms with Crippen molar-refractivity contribution in [2.75, 3.05) is 11.4 Å². The molecular weight excluding hydrogens is 373 g/mol. The minimum Gasteiger partial charge on any atom is -0.330 e. The fourth-order valence-corrected chi connectivity index (χ4v) is 4.54. The number of rotatable bonds is 7. The maximum absolute atomic E-state index is 11.0. The van der Waals surface area contributed by atoms with Crippen LogP contribution in [0.2, 0.25) is 10.6 Å². The van der Waals surface area contributed by atoms with Crippen molar-refractivity contribution in [3.63, 3.8) is 0 Å². The minimum atomic E-state index is -0.174. The van der Waals surface area contributed by atoms with Crippen LogP contribution >= 0.6 is 23.2 Å². The summed E-state index contributed by atoms with van der Waals surface area (Å²) < 4.78 is 0. The van der Waals surface area contributed by atoms with Crippen LogP contribution < -0.4 is 10.2 Å². The van der Waals surface area contributed by atoms with E-state index in [1.807, 2.05) is 0 Å². The highest BCUT2D eigenvalue weighted by Gasteiger charge is 2.46. The average molecular weight is 402 g/mol. The van der Waals surface area contributed by atoms with E-state index in [-0.39, 0.29) is 27.4 Å². The van der Waals surface area contributed by atoms with E-state index in [2.05, 4.69) is 52.9 Å². The van der Waals surface area contributed by atoms with Gasteiger partial charge < -0.3 is 15.0 Å². The Balaban J connectivity index is 2.07. The number of Topliss-reactive ketones (excluding diaryl/α,β-unsaturated/α-hetero) is 1. The van der Waals surface area contributed by atoms with Crippen molar-refractivity contribution in [1.82, 2.24) is 20.3 Å². The van der Waals surface area contributed by atoms with Crippen LogP contribution in [-0.2, 0) is 4.79 Å². The number of nitrogens with zero attached hydrogens (tertiary/aromatic N) is 4. The summed E-state index contributed by atoms with van der Waals surface area (Å²) in [6, 6.07) is 0.390. The maximum atomic E-state index is 11.0. The molecule has 1 aliphatic heterocycles. The summed E-state index contributed by atoms with van der Waals surface area (Å²) in [5, 5.41) is 3.88. The van der Waals surface area contributed by atoms with Crippen molar-refractivity contribution < 1.29 is 4.79 Å². The second-order valence-corrected chi connectivity index (χ2v) is 9.03. The Morgan fingerprint density at radius 2 is 1.62 bits per heavy atom. The molecule has 0 radical (unpaired) electrons. The number of nitrogens with one attached hydrogen (secondary N) is 1. The predicted molar refractivity (Wildman–Crippen MR) is 106 cm³/mol. The van der Waals surface area contributed by atoms with Crippen LogP contribution in [0.4, 0.5) is 5.95 Å². The van der Waals surface area contributed by atoms with Gasteiger partial charge in [-0.1, -0.05) is 0 Å². The van der Waals surface area contributed by atoms with Gasteiger partial charge in [0.05, 0.1) is 0 Å². The van der Waals surface area contributed by atoms with Crippen LogP contribution in [0.3, 0.4) is 0 Å². The first kappa shape index (κ1) is 21.3. The Morgan fingerprint density at radius 3 is 2.12 bits per heavy atom. The van der Waals surface area contributed by atoms with Crippen LogP contribution in [0.15, 0.2) is 0 Å². The second-order valence-electron chi connectivity index (χ2n) is 8.35. The quantitative estimate of drug-likeness (QED) is 0.694. The summed E-state index contributed by atoms with van der Waals surface area (Å²) in [6.45, 7) is 11.3. The Labute approximate surface area is 166 Å². The van der Waals surface area contributed by atoms with Gasteiger partial charge in [0.2, 0.25) is 16.5 Å². The number of piperidine rings is 1. The highest BCUT2D eigenvalue weighted by Crippen LogP contribution is 2.41. The monoisotopic (exact) mass is 401 g/mol. The van der Waals surface area contributed by atoms with Gasteiger partial charge in [-0.05, 0) is 90.0 Å². The van der Waals surface area contributed by atoms with E-state index in [4.69, 9.17) is 23.2 Å².